The zero-order valence-electron chi connectivity index (χ0n) is 9.11. The van der Waals surface area contributed by atoms with Gasteiger partial charge < -0.3 is 5.21 Å². The van der Waals surface area contributed by atoms with Crippen LogP contribution >= 0.6 is 17.0 Å². The van der Waals surface area contributed by atoms with Gasteiger partial charge in [-0.25, -0.2) is 0 Å². The van der Waals surface area contributed by atoms with Crippen LogP contribution in [0.1, 0.15) is 0 Å². The van der Waals surface area contributed by atoms with E-state index in [0.717, 1.165) is 0 Å². The molecule has 0 spiro atoms. The van der Waals surface area contributed by atoms with Crippen LogP contribution < -0.4 is 0 Å². The van der Waals surface area contributed by atoms with E-state index in [0.29, 0.717) is 0 Å². The summed E-state index contributed by atoms with van der Waals surface area (Å²) < 4.78 is 0. The fraction of sp³-hybridized carbons (Fsp3) is 0. The van der Waals surface area contributed by atoms with Crippen LogP contribution in [0.5, 0.6) is 0 Å². The Balaban J connectivity index is 0. The topological polar surface area (TPSA) is 49.7 Å². The van der Waals surface area contributed by atoms with Gasteiger partial charge in [-0.3, -0.25) is 0 Å². The summed E-state index contributed by atoms with van der Waals surface area (Å²) in [6.45, 7) is 0. The van der Waals surface area contributed by atoms with Crippen molar-refractivity contribution in [2.24, 2.45) is 5.34 Å². The maximum absolute atomic E-state index is 8.11. The second kappa shape index (κ2) is 11.6. The first-order valence-electron chi connectivity index (χ1n) is 4.36. The smallest absolute Gasteiger partial charge is 0.379 e. The van der Waals surface area contributed by atoms with Crippen LogP contribution in [-0.2, 0) is 0 Å². The average Bonchev–Trinajstić information content (AvgIpc) is 2.32. The number of halogens is 1. The van der Waals surface area contributed by atoms with E-state index in [1.807, 2.05) is 30.3 Å². The second-order valence-electron chi connectivity index (χ2n) is 2.74. The minimum atomic E-state index is 0. The Kier molecular flexibility index (Phi) is 12.6. The molecule has 0 unspecified atom stereocenters. The summed E-state index contributed by atoms with van der Waals surface area (Å²) in [7, 11) is 0. The predicted molar refractivity (Wildman–Crippen MR) is 74.4 cm³/mol. The zero-order valence-corrected chi connectivity index (χ0v) is 12.2. The summed E-state index contributed by atoms with van der Waals surface area (Å²) in [4.78, 5) is 8.11. The van der Waals surface area contributed by atoms with Crippen molar-refractivity contribution < 1.29 is 5.21 Å². The van der Waals surface area contributed by atoms with E-state index in [-0.39, 0.29) is 40.0 Å². The van der Waals surface area contributed by atoms with Crippen molar-refractivity contribution >= 4 is 40.0 Å². The quantitative estimate of drug-likeness (QED) is 0.379. The van der Waals surface area contributed by atoms with Crippen LogP contribution in [0.3, 0.4) is 0 Å². The van der Waals surface area contributed by atoms with Crippen molar-refractivity contribution in [3.8, 4) is 11.1 Å². The van der Waals surface area contributed by atoms with Gasteiger partial charge >= 0.3 is 23.1 Å². The monoisotopic (exact) mass is 304 g/mol. The van der Waals surface area contributed by atoms with Crippen LogP contribution in [0, 0.1) is 11.0 Å². The van der Waals surface area contributed by atoms with Crippen molar-refractivity contribution in [1.82, 2.24) is 0 Å². The van der Waals surface area contributed by atoms with Crippen molar-refractivity contribution in [3.05, 3.63) is 65.6 Å². The largest absolute Gasteiger partial charge is 2.00 e. The van der Waals surface area contributed by atoms with Crippen LogP contribution in [0.2, 0.25) is 0 Å². The number of rotatable bonds is 1. The molecule has 84 valence electrons. The summed E-state index contributed by atoms with van der Waals surface area (Å²) in [6.07, 6.45) is 0. The van der Waals surface area contributed by atoms with Crippen molar-refractivity contribution in [2.75, 3.05) is 0 Å². The first kappa shape index (κ1) is 18.5. The van der Waals surface area contributed by atoms with E-state index in [2.05, 4.69) is 30.3 Å². The van der Waals surface area contributed by atoms with E-state index in [9.17, 15) is 0 Å². The van der Waals surface area contributed by atoms with Crippen LogP contribution in [0.15, 0.2) is 59.9 Å². The molecule has 17 heavy (non-hydrogen) atoms. The average molecular weight is 305 g/mol. The normalized spacial score (nSPS) is 7.53. The van der Waals surface area contributed by atoms with Gasteiger partial charge in [-0.1, -0.05) is 30.3 Å². The van der Waals surface area contributed by atoms with Gasteiger partial charge in [-0.2, -0.15) is 30.3 Å². The number of hydrogen-bond donors (Lipinski definition) is 1. The molecule has 0 radical (unpaired) electrons. The maximum atomic E-state index is 8.11. The second-order valence-corrected chi connectivity index (χ2v) is 2.74. The van der Waals surface area contributed by atoms with Crippen LogP contribution in [0.25, 0.3) is 11.1 Å². The molecule has 0 bridgehead atoms. The Hall–Kier alpha value is -0.914. The van der Waals surface area contributed by atoms with E-state index in [1.165, 1.54) is 16.5 Å². The molecular formula is C12H11BrMgNO2+. The third kappa shape index (κ3) is 7.09. The van der Waals surface area contributed by atoms with E-state index in [1.54, 1.807) is 0 Å². The Bertz CT molecular complexity index is 360. The fourth-order valence-electron chi connectivity index (χ4n) is 1.21. The molecular weight excluding hydrogens is 294 g/mol. The molecule has 0 fully saturated rings. The van der Waals surface area contributed by atoms with Gasteiger partial charge in [0.2, 0.25) is 0 Å². The minimum absolute atomic E-state index is 0. The number of benzene rings is 2. The van der Waals surface area contributed by atoms with Crippen molar-refractivity contribution in [1.29, 1.82) is 0 Å². The summed E-state index contributed by atoms with van der Waals surface area (Å²) >= 11 is 0. The summed E-state index contributed by atoms with van der Waals surface area (Å²) in [5.74, 6) is 0. The summed E-state index contributed by atoms with van der Waals surface area (Å²) in [6, 6.07) is 21.3. The van der Waals surface area contributed by atoms with Gasteiger partial charge in [-0.05, 0) is 5.56 Å². The zero-order chi connectivity index (χ0) is 10.9. The fourth-order valence-corrected chi connectivity index (χ4v) is 1.21. The minimum Gasteiger partial charge on any atom is -0.379 e. The molecule has 1 N–H and O–H groups in total. The van der Waals surface area contributed by atoms with Crippen LogP contribution in [0.4, 0.5) is 0 Å². The van der Waals surface area contributed by atoms with E-state index >= 15 is 0 Å². The Morgan fingerprint density at radius 2 is 1.35 bits per heavy atom. The summed E-state index contributed by atoms with van der Waals surface area (Å²) in [5, 5.41) is 7.89. The van der Waals surface area contributed by atoms with Gasteiger partial charge in [0.25, 0.3) is 0 Å². The molecule has 5 heteroatoms. The van der Waals surface area contributed by atoms with Gasteiger partial charge in [-0.15, -0.1) is 27.5 Å². The van der Waals surface area contributed by atoms with Crippen LogP contribution in [-0.4, -0.2) is 28.3 Å². The molecule has 0 aliphatic heterocycles. The molecule has 0 amide bonds. The van der Waals surface area contributed by atoms with Crippen molar-refractivity contribution in [3.63, 3.8) is 0 Å². The van der Waals surface area contributed by atoms with Crippen molar-refractivity contribution in [2.45, 2.75) is 0 Å². The number of hydrogen-bond acceptors (Lipinski definition) is 2. The van der Waals surface area contributed by atoms with E-state index < -0.39 is 0 Å². The van der Waals surface area contributed by atoms with E-state index in [4.69, 9.17) is 10.1 Å². The third-order valence-electron chi connectivity index (χ3n) is 1.83. The number of nitrogens with zero attached hydrogens (tertiary/aromatic N) is 1. The maximum Gasteiger partial charge on any atom is 2.00 e. The molecule has 0 aliphatic rings. The molecule has 0 heterocycles. The Morgan fingerprint density at radius 3 is 1.82 bits per heavy atom. The standard InChI is InChI=1S/C12H9.BrH.Mg.HNO2/c1-3-7-11(8-4-1)12-9-5-2-6-10-12;;;2-1-3/h1,3-10H;1H;;(H,2,3)/q-1;;+2;. The molecule has 0 atom stereocenters. The Morgan fingerprint density at radius 1 is 0.941 bits per heavy atom. The van der Waals surface area contributed by atoms with Gasteiger partial charge in [0, 0.05) is 0 Å². The van der Waals surface area contributed by atoms with Gasteiger partial charge in [0.1, 0.15) is 0 Å². The molecule has 0 saturated carbocycles. The van der Waals surface area contributed by atoms with Gasteiger partial charge in [0.05, 0.1) is 0 Å². The SMILES string of the molecule is Br.O=NO.[Mg+2].[c-]1ccc(-c2ccccc2)cc1. The first-order chi connectivity index (χ1) is 7.38. The molecule has 2 aromatic carbocycles. The molecule has 0 aliphatic carbocycles. The first-order valence-corrected chi connectivity index (χ1v) is 4.36. The Labute approximate surface area is 127 Å². The van der Waals surface area contributed by atoms with Gasteiger partial charge in [0.15, 0.2) is 5.34 Å². The predicted octanol–water partition coefficient (Wildman–Crippen LogP) is 3.49. The molecule has 0 aromatic heterocycles. The summed E-state index contributed by atoms with van der Waals surface area (Å²) in [5.41, 5.74) is 2.50. The molecule has 2 aromatic rings. The third-order valence-corrected chi connectivity index (χ3v) is 1.83. The molecule has 2 rings (SSSR count). The molecule has 0 saturated heterocycles. The molecule has 3 nitrogen and oxygen atoms in total.